The van der Waals surface area contributed by atoms with E-state index in [4.69, 9.17) is 0 Å². The summed E-state index contributed by atoms with van der Waals surface area (Å²) in [5.41, 5.74) is 0. The van der Waals surface area contributed by atoms with Crippen molar-refractivity contribution in [3.05, 3.63) is 0 Å². The highest BCUT2D eigenvalue weighted by atomic mass is 32.2. The van der Waals surface area contributed by atoms with Crippen LogP contribution in [0.15, 0.2) is 0 Å². The molecule has 1 amide bonds. The summed E-state index contributed by atoms with van der Waals surface area (Å²) in [7, 11) is 3.58. The minimum Gasteiger partial charge on any atom is -0.340 e. The van der Waals surface area contributed by atoms with Gasteiger partial charge in [0.15, 0.2) is 0 Å². The highest BCUT2D eigenvalue weighted by molar-refractivity contribution is 8.13. The lowest BCUT2D eigenvalue weighted by molar-refractivity contribution is 0.187. The molecule has 90 valence electrons. The number of hydrogen-bond donors (Lipinski definition) is 0. The van der Waals surface area contributed by atoms with Crippen LogP contribution in [-0.4, -0.2) is 53.5 Å². The maximum absolute atomic E-state index is 11.3. The summed E-state index contributed by atoms with van der Waals surface area (Å²) in [6.07, 6.45) is 0. The summed E-state index contributed by atoms with van der Waals surface area (Å²) in [5, 5.41) is 0.141. The van der Waals surface area contributed by atoms with Crippen molar-refractivity contribution in [1.29, 1.82) is 0 Å². The number of thioether (sulfide) groups is 1. The van der Waals surface area contributed by atoms with Crippen LogP contribution >= 0.6 is 11.8 Å². The summed E-state index contributed by atoms with van der Waals surface area (Å²) < 4.78 is 0. The van der Waals surface area contributed by atoms with Gasteiger partial charge in [-0.15, -0.1) is 0 Å². The first-order valence-corrected chi connectivity index (χ1v) is 6.44. The second-order valence-electron chi connectivity index (χ2n) is 4.43. The van der Waals surface area contributed by atoms with E-state index >= 15 is 0 Å². The van der Waals surface area contributed by atoms with Crippen LogP contribution in [0.5, 0.6) is 0 Å². The molecule has 0 saturated heterocycles. The molecule has 0 aromatic rings. The molecule has 0 aromatic heterocycles. The van der Waals surface area contributed by atoms with Crippen LogP contribution in [0.2, 0.25) is 0 Å². The van der Waals surface area contributed by atoms with Gasteiger partial charge in [0.2, 0.25) is 0 Å². The predicted octanol–water partition coefficient (Wildman–Crippen LogP) is 2.52. The molecule has 0 aliphatic carbocycles. The van der Waals surface area contributed by atoms with Crippen LogP contribution in [0.25, 0.3) is 0 Å². The molecule has 3 nitrogen and oxygen atoms in total. The first-order valence-electron chi connectivity index (χ1n) is 5.46. The summed E-state index contributed by atoms with van der Waals surface area (Å²) in [4.78, 5) is 15.4. The highest BCUT2D eigenvalue weighted by Gasteiger charge is 2.13. The zero-order valence-corrected chi connectivity index (χ0v) is 11.6. The molecule has 4 heteroatoms. The smallest absolute Gasteiger partial charge is 0.281 e. The fraction of sp³-hybridized carbons (Fsp3) is 0.909. The summed E-state index contributed by atoms with van der Waals surface area (Å²) in [5.74, 6) is 0.868. The van der Waals surface area contributed by atoms with E-state index in [0.717, 1.165) is 12.3 Å². The van der Waals surface area contributed by atoms with Gasteiger partial charge in [-0.1, -0.05) is 11.8 Å². The molecule has 0 fully saturated rings. The third kappa shape index (κ3) is 6.05. The maximum atomic E-state index is 11.3. The van der Waals surface area contributed by atoms with Gasteiger partial charge in [-0.2, -0.15) is 0 Å². The van der Waals surface area contributed by atoms with E-state index in [1.807, 2.05) is 0 Å². The molecule has 0 atom stereocenters. The fourth-order valence-corrected chi connectivity index (χ4v) is 2.22. The Bertz CT molecular complexity index is 185. The van der Waals surface area contributed by atoms with Crippen molar-refractivity contribution in [1.82, 2.24) is 9.80 Å². The largest absolute Gasteiger partial charge is 0.340 e. The van der Waals surface area contributed by atoms with Crippen LogP contribution in [0, 0.1) is 0 Å². The molecule has 0 rings (SSSR count). The van der Waals surface area contributed by atoms with Gasteiger partial charge in [0.1, 0.15) is 0 Å². The molecule has 0 heterocycles. The standard InChI is InChI=1S/C11H24N2OS/c1-9(2)13(10(3)4)7-8-15-11(14)12(5)6/h9-10H,7-8H2,1-6H3. The van der Waals surface area contributed by atoms with Crippen molar-refractivity contribution in [3.63, 3.8) is 0 Å². The molecule has 0 bridgehead atoms. The van der Waals surface area contributed by atoms with Gasteiger partial charge in [-0.25, -0.2) is 0 Å². The van der Waals surface area contributed by atoms with Crippen LogP contribution in [0.3, 0.4) is 0 Å². The Morgan fingerprint density at radius 2 is 1.60 bits per heavy atom. The first kappa shape index (κ1) is 14.8. The molecule has 0 aliphatic rings. The third-order valence-electron chi connectivity index (χ3n) is 2.27. The van der Waals surface area contributed by atoms with Gasteiger partial charge in [0.05, 0.1) is 0 Å². The van der Waals surface area contributed by atoms with Crippen molar-refractivity contribution in [3.8, 4) is 0 Å². The number of amides is 1. The predicted molar refractivity (Wildman–Crippen MR) is 68.5 cm³/mol. The lowest BCUT2D eigenvalue weighted by Gasteiger charge is -2.30. The number of nitrogens with zero attached hydrogens (tertiary/aromatic N) is 2. The van der Waals surface area contributed by atoms with Crippen molar-refractivity contribution < 1.29 is 4.79 Å². The van der Waals surface area contributed by atoms with E-state index in [0.29, 0.717) is 12.1 Å². The Kier molecular flexibility index (Phi) is 7.02. The van der Waals surface area contributed by atoms with Crippen LogP contribution < -0.4 is 0 Å². The molecular formula is C11H24N2OS. The maximum Gasteiger partial charge on any atom is 0.281 e. The molecule has 0 N–H and O–H groups in total. The van der Waals surface area contributed by atoms with Crippen molar-refractivity contribution >= 4 is 17.0 Å². The van der Waals surface area contributed by atoms with Crippen molar-refractivity contribution in [2.75, 3.05) is 26.4 Å². The second kappa shape index (κ2) is 7.12. The Morgan fingerprint density at radius 1 is 1.13 bits per heavy atom. The van der Waals surface area contributed by atoms with E-state index in [9.17, 15) is 4.79 Å². The monoisotopic (exact) mass is 232 g/mol. The first-order chi connectivity index (χ1) is 6.86. The molecule has 0 radical (unpaired) electrons. The molecule has 0 aliphatic heterocycles. The minimum absolute atomic E-state index is 0.141. The summed E-state index contributed by atoms with van der Waals surface area (Å²) >= 11 is 1.39. The van der Waals surface area contributed by atoms with Gasteiger partial charge in [0, 0.05) is 38.5 Å². The van der Waals surface area contributed by atoms with E-state index < -0.39 is 0 Å². The Labute approximate surface area is 98.2 Å². The van der Waals surface area contributed by atoms with Gasteiger partial charge in [-0.3, -0.25) is 9.69 Å². The molecular weight excluding hydrogens is 208 g/mol. The van der Waals surface area contributed by atoms with Crippen molar-refractivity contribution in [2.45, 2.75) is 39.8 Å². The zero-order chi connectivity index (χ0) is 12.0. The normalized spacial score (nSPS) is 11.5. The quantitative estimate of drug-likeness (QED) is 0.728. The molecule has 0 spiro atoms. The zero-order valence-electron chi connectivity index (χ0n) is 10.8. The number of rotatable bonds is 5. The van der Waals surface area contributed by atoms with Crippen LogP contribution in [-0.2, 0) is 0 Å². The molecule has 0 aromatic carbocycles. The van der Waals surface area contributed by atoms with E-state index in [2.05, 4.69) is 32.6 Å². The minimum atomic E-state index is 0.141. The summed E-state index contributed by atoms with van der Waals surface area (Å²) in [6, 6.07) is 1.08. The fourth-order valence-electron chi connectivity index (χ4n) is 1.48. The van der Waals surface area contributed by atoms with E-state index in [-0.39, 0.29) is 5.24 Å². The van der Waals surface area contributed by atoms with Gasteiger partial charge in [-0.05, 0) is 27.7 Å². The van der Waals surface area contributed by atoms with Crippen LogP contribution in [0.4, 0.5) is 4.79 Å². The lowest BCUT2D eigenvalue weighted by Crippen LogP contribution is -2.38. The molecule has 0 unspecified atom stereocenters. The van der Waals surface area contributed by atoms with E-state index in [1.165, 1.54) is 11.8 Å². The average molecular weight is 232 g/mol. The average Bonchev–Trinajstić information content (AvgIpc) is 2.10. The topological polar surface area (TPSA) is 23.6 Å². The second-order valence-corrected chi connectivity index (χ2v) is 5.48. The Hall–Kier alpha value is -0.220. The number of carbonyl (C=O) groups is 1. The molecule has 15 heavy (non-hydrogen) atoms. The Balaban J connectivity index is 3.87. The SMILES string of the molecule is CC(C)N(CCSC(=O)N(C)C)C(C)C. The number of carbonyl (C=O) groups excluding carboxylic acids is 1. The Morgan fingerprint density at radius 3 is 1.93 bits per heavy atom. The van der Waals surface area contributed by atoms with Gasteiger partial charge < -0.3 is 4.90 Å². The third-order valence-corrected chi connectivity index (χ3v) is 3.27. The lowest BCUT2D eigenvalue weighted by atomic mass is 10.2. The van der Waals surface area contributed by atoms with Gasteiger partial charge >= 0.3 is 0 Å². The van der Waals surface area contributed by atoms with Crippen molar-refractivity contribution in [2.24, 2.45) is 0 Å². The summed E-state index contributed by atoms with van der Waals surface area (Å²) in [6.45, 7) is 9.74. The van der Waals surface area contributed by atoms with E-state index in [1.54, 1.807) is 19.0 Å². The number of hydrogen-bond acceptors (Lipinski definition) is 3. The highest BCUT2D eigenvalue weighted by Crippen LogP contribution is 2.10. The molecule has 0 saturated carbocycles. The van der Waals surface area contributed by atoms with Gasteiger partial charge in [0.25, 0.3) is 5.24 Å². The van der Waals surface area contributed by atoms with Crippen LogP contribution in [0.1, 0.15) is 27.7 Å².